The third kappa shape index (κ3) is 3.62. The number of ketones is 1. The molecule has 0 N–H and O–H groups in total. The van der Waals surface area contributed by atoms with Gasteiger partial charge in [-0.2, -0.15) is 0 Å². The molecule has 2 atom stereocenters. The third-order valence-electron chi connectivity index (χ3n) is 3.31. The van der Waals surface area contributed by atoms with Gasteiger partial charge in [-0.1, -0.05) is 19.8 Å². The summed E-state index contributed by atoms with van der Waals surface area (Å²) >= 11 is 0. The summed E-state index contributed by atoms with van der Waals surface area (Å²) in [5.74, 6) is 0.391. The molecule has 92 valence electrons. The second-order valence-corrected chi connectivity index (χ2v) is 4.54. The summed E-state index contributed by atoms with van der Waals surface area (Å²) in [6, 6.07) is 0. The molecule has 1 fully saturated rings. The molecule has 1 saturated carbocycles. The highest BCUT2D eigenvalue weighted by atomic mass is 16.5. The normalized spacial score (nSPS) is 25.5. The molecule has 1 aliphatic carbocycles. The van der Waals surface area contributed by atoms with Crippen molar-refractivity contribution in [3.8, 4) is 0 Å². The average Bonchev–Trinajstić information content (AvgIpc) is 2.26. The first kappa shape index (κ1) is 13.2. The molecule has 0 unspecified atom stereocenters. The number of ether oxygens (including phenoxy) is 1. The van der Waals surface area contributed by atoms with E-state index in [-0.39, 0.29) is 17.8 Å². The molecule has 0 radical (unpaired) electrons. The van der Waals surface area contributed by atoms with Crippen molar-refractivity contribution in [1.82, 2.24) is 0 Å². The molecule has 0 aromatic heterocycles. The molecule has 1 aliphatic rings. The zero-order chi connectivity index (χ0) is 12.0. The van der Waals surface area contributed by atoms with Crippen molar-refractivity contribution in [2.24, 2.45) is 11.8 Å². The summed E-state index contributed by atoms with van der Waals surface area (Å²) in [6.45, 7) is 4.39. The van der Waals surface area contributed by atoms with Gasteiger partial charge in [0, 0.05) is 12.8 Å². The van der Waals surface area contributed by atoms with E-state index in [9.17, 15) is 9.59 Å². The highest BCUT2D eigenvalue weighted by Gasteiger charge is 2.34. The third-order valence-corrected chi connectivity index (χ3v) is 3.31. The lowest BCUT2D eigenvalue weighted by atomic mass is 9.76. The first-order valence-electron chi connectivity index (χ1n) is 6.37. The number of esters is 1. The van der Waals surface area contributed by atoms with E-state index in [1.807, 2.05) is 6.92 Å². The molecule has 3 nitrogen and oxygen atoms in total. The Kier molecular flexibility index (Phi) is 5.50. The molecule has 0 aliphatic heterocycles. The van der Waals surface area contributed by atoms with Crippen molar-refractivity contribution >= 4 is 11.8 Å². The van der Waals surface area contributed by atoms with Crippen LogP contribution in [0.1, 0.15) is 52.4 Å². The Morgan fingerprint density at radius 3 is 2.81 bits per heavy atom. The van der Waals surface area contributed by atoms with E-state index in [2.05, 4.69) is 6.92 Å². The van der Waals surface area contributed by atoms with E-state index >= 15 is 0 Å². The van der Waals surface area contributed by atoms with E-state index in [0.717, 1.165) is 19.3 Å². The van der Waals surface area contributed by atoms with Gasteiger partial charge in [-0.25, -0.2) is 0 Å². The van der Waals surface area contributed by atoms with Crippen molar-refractivity contribution in [2.75, 3.05) is 6.61 Å². The van der Waals surface area contributed by atoms with Gasteiger partial charge in [0.05, 0.1) is 12.5 Å². The fourth-order valence-electron chi connectivity index (χ4n) is 2.42. The largest absolute Gasteiger partial charge is 0.466 e. The molecule has 0 amide bonds. The van der Waals surface area contributed by atoms with Crippen molar-refractivity contribution in [3.05, 3.63) is 0 Å². The summed E-state index contributed by atoms with van der Waals surface area (Å²) in [6.07, 6.45) is 4.99. The standard InChI is InChI=1S/C13H22O3/c1-3-5-6-10-9-11(14)7-8-12(10)13(15)16-4-2/h10,12H,3-9H2,1-2H3/t10-,12-/m1/s1. The molecule has 3 heteroatoms. The Hall–Kier alpha value is -0.860. The minimum Gasteiger partial charge on any atom is -0.466 e. The van der Waals surface area contributed by atoms with Gasteiger partial charge in [-0.05, 0) is 25.7 Å². The molecule has 0 bridgehead atoms. The highest BCUT2D eigenvalue weighted by molar-refractivity contribution is 5.83. The summed E-state index contributed by atoms with van der Waals surface area (Å²) < 4.78 is 5.08. The Bertz CT molecular complexity index is 248. The van der Waals surface area contributed by atoms with Crippen LogP contribution in [0.15, 0.2) is 0 Å². The van der Waals surface area contributed by atoms with Gasteiger partial charge in [0.1, 0.15) is 5.78 Å². The SMILES string of the molecule is CCCC[C@@H]1CC(=O)CC[C@H]1C(=O)OCC. The maximum Gasteiger partial charge on any atom is 0.309 e. The second-order valence-electron chi connectivity index (χ2n) is 4.54. The first-order valence-corrected chi connectivity index (χ1v) is 6.37. The predicted octanol–water partition coefficient (Wildman–Crippen LogP) is 2.73. The fraction of sp³-hybridized carbons (Fsp3) is 0.846. The zero-order valence-corrected chi connectivity index (χ0v) is 10.3. The molecule has 0 heterocycles. The molecule has 0 spiro atoms. The van der Waals surface area contributed by atoms with Crippen LogP contribution >= 0.6 is 0 Å². The van der Waals surface area contributed by atoms with E-state index in [1.54, 1.807) is 0 Å². The van der Waals surface area contributed by atoms with Crippen LogP contribution in [0.3, 0.4) is 0 Å². The predicted molar refractivity (Wildman–Crippen MR) is 62.0 cm³/mol. The zero-order valence-electron chi connectivity index (χ0n) is 10.3. The maximum atomic E-state index is 11.7. The minimum atomic E-state index is -0.101. The van der Waals surface area contributed by atoms with Crippen LogP contribution in [0.5, 0.6) is 0 Å². The molecular weight excluding hydrogens is 204 g/mol. The smallest absolute Gasteiger partial charge is 0.309 e. The van der Waals surface area contributed by atoms with Crippen LogP contribution in [0.25, 0.3) is 0 Å². The Morgan fingerprint density at radius 1 is 1.44 bits per heavy atom. The summed E-state index contributed by atoms with van der Waals surface area (Å²) in [4.78, 5) is 23.2. The van der Waals surface area contributed by atoms with Crippen LogP contribution in [-0.2, 0) is 14.3 Å². The van der Waals surface area contributed by atoms with E-state index < -0.39 is 0 Å². The van der Waals surface area contributed by atoms with Crippen molar-refractivity contribution in [2.45, 2.75) is 52.4 Å². The van der Waals surface area contributed by atoms with Crippen molar-refractivity contribution in [3.63, 3.8) is 0 Å². The van der Waals surface area contributed by atoms with Gasteiger partial charge in [-0.15, -0.1) is 0 Å². The first-order chi connectivity index (χ1) is 7.69. The molecule has 0 aromatic rings. The molecule has 1 rings (SSSR count). The van der Waals surface area contributed by atoms with Crippen LogP contribution in [-0.4, -0.2) is 18.4 Å². The number of hydrogen-bond acceptors (Lipinski definition) is 3. The van der Waals surface area contributed by atoms with Gasteiger partial charge in [0.25, 0.3) is 0 Å². The molecule has 0 aromatic carbocycles. The van der Waals surface area contributed by atoms with Gasteiger partial charge in [0.15, 0.2) is 0 Å². The number of hydrogen-bond donors (Lipinski definition) is 0. The van der Waals surface area contributed by atoms with Gasteiger partial charge in [0.2, 0.25) is 0 Å². The van der Waals surface area contributed by atoms with Crippen LogP contribution in [0.4, 0.5) is 0 Å². The Balaban J connectivity index is 2.56. The quantitative estimate of drug-likeness (QED) is 0.677. The number of rotatable bonds is 5. The number of Topliss-reactive ketones (excluding diaryl/α,β-unsaturated/α-hetero) is 1. The van der Waals surface area contributed by atoms with Crippen LogP contribution in [0, 0.1) is 11.8 Å². The lowest BCUT2D eigenvalue weighted by molar-refractivity contribution is -0.152. The number of carbonyl (C=O) groups excluding carboxylic acids is 2. The van der Waals surface area contributed by atoms with E-state index in [1.165, 1.54) is 0 Å². The van der Waals surface area contributed by atoms with E-state index in [4.69, 9.17) is 4.74 Å². The summed E-state index contributed by atoms with van der Waals surface area (Å²) in [7, 11) is 0. The second kappa shape index (κ2) is 6.66. The van der Waals surface area contributed by atoms with Gasteiger partial charge in [-0.3, -0.25) is 9.59 Å². The Morgan fingerprint density at radius 2 is 2.19 bits per heavy atom. The number of carbonyl (C=O) groups is 2. The van der Waals surface area contributed by atoms with Crippen LogP contribution in [0.2, 0.25) is 0 Å². The summed E-state index contributed by atoms with van der Waals surface area (Å²) in [5.41, 5.74) is 0. The minimum absolute atomic E-state index is 0.0378. The Labute approximate surface area is 97.5 Å². The highest BCUT2D eigenvalue weighted by Crippen LogP contribution is 2.32. The van der Waals surface area contributed by atoms with Gasteiger partial charge < -0.3 is 4.74 Å². The van der Waals surface area contributed by atoms with E-state index in [0.29, 0.717) is 31.7 Å². The monoisotopic (exact) mass is 226 g/mol. The lowest BCUT2D eigenvalue weighted by Crippen LogP contribution is -2.32. The fourth-order valence-corrected chi connectivity index (χ4v) is 2.42. The topological polar surface area (TPSA) is 43.4 Å². The maximum absolute atomic E-state index is 11.7. The summed E-state index contributed by atoms with van der Waals surface area (Å²) in [5, 5.41) is 0. The molecule has 16 heavy (non-hydrogen) atoms. The number of unbranched alkanes of at least 4 members (excludes halogenated alkanes) is 1. The van der Waals surface area contributed by atoms with Crippen LogP contribution < -0.4 is 0 Å². The molecule has 0 saturated heterocycles. The molecular formula is C13H22O3. The average molecular weight is 226 g/mol. The van der Waals surface area contributed by atoms with Crippen molar-refractivity contribution in [1.29, 1.82) is 0 Å². The van der Waals surface area contributed by atoms with Gasteiger partial charge >= 0.3 is 5.97 Å². The lowest BCUT2D eigenvalue weighted by Gasteiger charge is -2.28. The van der Waals surface area contributed by atoms with Crippen molar-refractivity contribution < 1.29 is 14.3 Å².